The van der Waals surface area contributed by atoms with Gasteiger partial charge in [0.25, 0.3) is 5.91 Å². The van der Waals surface area contributed by atoms with Crippen molar-refractivity contribution in [1.29, 1.82) is 0 Å². The minimum Gasteiger partial charge on any atom is -0.506 e. The lowest BCUT2D eigenvalue weighted by atomic mass is 10.1. The Balaban J connectivity index is 2.01. The van der Waals surface area contributed by atoms with Gasteiger partial charge < -0.3 is 15.7 Å². The predicted molar refractivity (Wildman–Crippen MR) is 100 cm³/mol. The maximum absolute atomic E-state index is 12.1. The maximum Gasteiger partial charge on any atom is 0.251 e. The fourth-order valence-corrected chi connectivity index (χ4v) is 2.20. The van der Waals surface area contributed by atoms with Crippen molar-refractivity contribution in [3.05, 3.63) is 65.2 Å². The Kier molecular flexibility index (Phi) is 5.90. The maximum atomic E-state index is 12.1. The van der Waals surface area contributed by atoms with E-state index in [4.69, 9.17) is 0 Å². The second-order valence-corrected chi connectivity index (χ2v) is 5.92. The Morgan fingerprint density at radius 3 is 2.19 bits per heavy atom. The molecule has 2 aromatic rings. The van der Waals surface area contributed by atoms with Crippen LogP contribution < -0.4 is 10.6 Å². The minimum atomic E-state index is -0.494. The number of phenols is 1. The van der Waals surface area contributed by atoms with E-state index in [1.54, 1.807) is 36.4 Å². The third kappa shape index (κ3) is 5.04. The Morgan fingerprint density at radius 1 is 0.962 bits per heavy atom. The highest BCUT2D eigenvalue weighted by atomic mass is 16.3. The van der Waals surface area contributed by atoms with Crippen molar-refractivity contribution in [2.24, 2.45) is 0 Å². The molecule has 0 aliphatic rings. The van der Waals surface area contributed by atoms with E-state index in [9.17, 15) is 19.5 Å². The van der Waals surface area contributed by atoms with E-state index >= 15 is 0 Å². The summed E-state index contributed by atoms with van der Waals surface area (Å²) in [4.78, 5) is 35.4. The van der Waals surface area contributed by atoms with Crippen molar-refractivity contribution in [2.75, 3.05) is 10.6 Å². The molecule has 0 saturated carbocycles. The number of Topliss-reactive ketones (excluding diaryl/α,β-unsaturated/α-hetero) is 1. The van der Waals surface area contributed by atoms with Crippen LogP contribution in [0.3, 0.4) is 0 Å². The molecule has 2 rings (SSSR count). The standard InChI is InChI=1S/C20H20N2O4/c1-12-4-9-17(18(24)10-12)22-20(26)13(2)11-19(25)21-16-7-5-15(6-8-16)14(3)23/h4-11,24H,1-3H3,(H,21,25)(H,22,26)/b13-11+. The van der Waals surface area contributed by atoms with Crippen LogP contribution in [0, 0.1) is 6.92 Å². The number of aromatic hydroxyl groups is 1. The van der Waals surface area contributed by atoms with E-state index in [0.29, 0.717) is 11.3 Å². The molecular formula is C20H20N2O4. The average molecular weight is 352 g/mol. The molecule has 6 heteroatoms. The van der Waals surface area contributed by atoms with Gasteiger partial charge in [-0.05, 0) is 62.7 Å². The highest BCUT2D eigenvalue weighted by molar-refractivity contribution is 6.10. The Labute approximate surface area is 151 Å². The normalized spacial score (nSPS) is 11.0. The molecule has 0 radical (unpaired) electrons. The van der Waals surface area contributed by atoms with Crippen LogP contribution in [0.5, 0.6) is 5.75 Å². The van der Waals surface area contributed by atoms with Crippen molar-refractivity contribution >= 4 is 29.0 Å². The van der Waals surface area contributed by atoms with E-state index in [1.807, 2.05) is 6.92 Å². The summed E-state index contributed by atoms with van der Waals surface area (Å²) in [6, 6.07) is 11.3. The van der Waals surface area contributed by atoms with Crippen molar-refractivity contribution < 1.29 is 19.5 Å². The van der Waals surface area contributed by atoms with E-state index in [1.165, 1.54) is 26.0 Å². The summed E-state index contributed by atoms with van der Waals surface area (Å²) in [5.74, 6) is -1.07. The number of ketones is 1. The predicted octanol–water partition coefficient (Wildman–Crippen LogP) is 3.43. The Hall–Kier alpha value is -3.41. The number of hydrogen-bond acceptors (Lipinski definition) is 4. The zero-order valence-electron chi connectivity index (χ0n) is 14.8. The van der Waals surface area contributed by atoms with E-state index < -0.39 is 11.8 Å². The molecule has 134 valence electrons. The van der Waals surface area contributed by atoms with Crippen LogP contribution in [0.15, 0.2) is 54.1 Å². The lowest BCUT2D eigenvalue weighted by Gasteiger charge is -2.08. The van der Waals surface area contributed by atoms with Crippen molar-refractivity contribution in [3.63, 3.8) is 0 Å². The number of hydrogen-bond donors (Lipinski definition) is 3. The van der Waals surface area contributed by atoms with Crippen molar-refractivity contribution in [3.8, 4) is 5.75 Å². The van der Waals surface area contributed by atoms with E-state index in [0.717, 1.165) is 5.56 Å². The van der Waals surface area contributed by atoms with Crippen LogP contribution in [-0.4, -0.2) is 22.7 Å². The van der Waals surface area contributed by atoms with Gasteiger partial charge in [-0.15, -0.1) is 0 Å². The number of aryl methyl sites for hydroxylation is 1. The lowest BCUT2D eigenvalue weighted by molar-refractivity contribution is -0.114. The molecule has 0 aliphatic heterocycles. The quantitative estimate of drug-likeness (QED) is 0.436. The van der Waals surface area contributed by atoms with Crippen LogP contribution in [0.2, 0.25) is 0 Å². The van der Waals surface area contributed by atoms with Gasteiger partial charge in [0, 0.05) is 22.9 Å². The summed E-state index contributed by atoms with van der Waals surface area (Å²) in [6.45, 7) is 4.78. The lowest BCUT2D eigenvalue weighted by Crippen LogP contribution is -2.16. The number of nitrogens with one attached hydrogen (secondary N) is 2. The fraction of sp³-hybridized carbons (Fsp3) is 0.150. The van der Waals surface area contributed by atoms with Crippen LogP contribution in [0.1, 0.15) is 29.8 Å². The zero-order valence-corrected chi connectivity index (χ0v) is 14.8. The molecule has 0 spiro atoms. The van der Waals surface area contributed by atoms with Gasteiger partial charge in [0.15, 0.2) is 5.78 Å². The molecule has 3 N–H and O–H groups in total. The first-order valence-electron chi connectivity index (χ1n) is 7.97. The summed E-state index contributed by atoms with van der Waals surface area (Å²) < 4.78 is 0. The molecule has 0 bridgehead atoms. The first-order valence-corrected chi connectivity index (χ1v) is 7.97. The second-order valence-electron chi connectivity index (χ2n) is 5.92. The second kappa shape index (κ2) is 8.11. The van der Waals surface area contributed by atoms with E-state index in [-0.39, 0.29) is 22.8 Å². The molecule has 26 heavy (non-hydrogen) atoms. The third-order valence-electron chi connectivity index (χ3n) is 3.67. The molecule has 0 fully saturated rings. The van der Waals surface area contributed by atoms with Crippen LogP contribution >= 0.6 is 0 Å². The molecule has 0 aliphatic carbocycles. The summed E-state index contributed by atoms with van der Waals surface area (Å²) in [7, 11) is 0. The highest BCUT2D eigenvalue weighted by Crippen LogP contribution is 2.24. The van der Waals surface area contributed by atoms with Gasteiger partial charge in [0.05, 0.1) is 5.69 Å². The van der Waals surface area contributed by atoms with Gasteiger partial charge in [0.2, 0.25) is 5.91 Å². The number of benzene rings is 2. The number of amides is 2. The monoisotopic (exact) mass is 352 g/mol. The number of anilines is 2. The molecule has 0 heterocycles. The van der Waals surface area contributed by atoms with E-state index in [2.05, 4.69) is 10.6 Å². The average Bonchev–Trinajstić information content (AvgIpc) is 2.57. The number of carbonyl (C=O) groups is 3. The van der Waals surface area contributed by atoms with Gasteiger partial charge in [-0.2, -0.15) is 0 Å². The SMILES string of the molecule is CC(=O)c1ccc(NC(=O)/C=C(\C)C(=O)Nc2ccc(C)cc2O)cc1. The summed E-state index contributed by atoms with van der Waals surface area (Å²) in [6.07, 6.45) is 1.17. The molecule has 0 saturated heterocycles. The molecule has 0 atom stereocenters. The van der Waals surface area contributed by atoms with Gasteiger partial charge in [0.1, 0.15) is 5.75 Å². The molecule has 0 unspecified atom stereocenters. The van der Waals surface area contributed by atoms with Crippen molar-refractivity contribution in [2.45, 2.75) is 20.8 Å². The minimum absolute atomic E-state index is 0.0406. The Bertz CT molecular complexity index is 883. The van der Waals surface area contributed by atoms with Crippen LogP contribution in [-0.2, 0) is 9.59 Å². The smallest absolute Gasteiger partial charge is 0.251 e. The molecule has 2 amide bonds. The highest BCUT2D eigenvalue weighted by Gasteiger charge is 2.10. The topological polar surface area (TPSA) is 95.5 Å². The molecule has 0 aromatic heterocycles. The zero-order chi connectivity index (χ0) is 19.3. The summed E-state index contributed by atoms with van der Waals surface area (Å²) >= 11 is 0. The van der Waals surface area contributed by atoms with Gasteiger partial charge >= 0.3 is 0 Å². The largest absolute Gasteiger partial charge is 0.506 e. The molecule has 6 nitrogen and oxygen atoms in total. The van der Waals surface area contributed by atoms with Gasteiger partial charge in [-0.3, -0.25) is 14.4 Å². The number of rotatable bonds is 5. The summed E-state index contributed by atoms with van der Waals surface area (Å²) in [5.41, 5.74) is 2.38. The molecule has 2 aromatic carbocycles. The number of phenolic OH excluding ortho intramolecular Hbond substituents is 1. The number of carbonyl (C=O) groups excluding carboxylic acids is 3. The van der Waals surface area contributed by atoms with Crippen LogP contribution in [0.25, 0.3) is 0 Å². The fourth-order valence-electron chi connectivity index (χ4n) is 2.20. The van der Waals surface area contributed by atoms with Gasteiger partial charge in [-0.25, -0.2) is 0 Å². The van der Waals surface area contributed by atoms with Crippen LogP contribution in [0.4, 0.5) is 11.4 Å². The first-order chi connectivity index (χ1) is 12.3. The summed E-state index contributed by atoms with van der Waals surface area (Å²) in [5, 5.41) is 15.0. The third-order valence-corrected chi connectivity index (χ3v) is 3.67. The Morgan fingerprint density at radius 2 is 1.62 bits per heavy atom. The molecular weight excluding hydrogens is 332 g/mol. The van der Waals surface area contributed by atoms with Crippen molar-refractivity contribution in [1.82, 2.24) is 0 Å². The van der Waals surface area contributed by atoms with Gasteiger partial charge in [-0.1, -0.05) is 6.07 Å². The first kappa shape index (κ1) is 18.9.